The number of carbonyl (C=O) groups is 1. The third-order valence-electron chi connectivity index (χ3n) is 4.09. The third kappa shape index (κ3) is 5.62. The summed E-state index contributed by atoms with van der Waals surface area (Å²) in [4.78, 5) is 18.5. The molecule has 0 aromatic carbocycles. The maximum atomic E-state index is 12.6. The number of carbonyl (C=O) groups excluding carboxylic acids is 1. The molecule has 0 N–H and O–H groups in total. The molecule has 1 amide bonds. The van der Waals surface area contributed by atoms with E-state index in [0.717, 1.165) is 19.4 Å². The van der Waals surface area contributed by atoms with Gasteiger partial charge in [-0.25, -0.2) is 9.78 Å². The molecule has 0 atom stereocenters. The Kier molecular flexibility index (Phi) is 6.59. The van der Waals surface area contributed by atoms with Crippen LogP contribution in [0, 0.1) is 5.92 Å². The van der Waals surface area contributed by atoms with E-state index in [1.165, 1.54) is 17.4 Å². The smallest absolute Gasteiger partial charge is 0.329 e. The summed E-state index contributed by atoms with van der Waals surface area (Å²) in [6.45, 7) is 8.68. The standard InChI is InChI=1S/C17H29N3O3/c1-4-5-6-7-9-19(16(21)20-10-8-18-14-20)11-15-12-22-17(2,3)23-13-15/h8,10,14-15H,4-7,9,11-13H2,1-3H3. The second-order valence-corrected chi connectivity index (χ2v) is 6.65. The molecule has 1 fully saturated rings. The Balaban J connectivity index is 1.91. The van der Waals surface area contributed by atoms with E-state index in [-0.39, 0.29) is 11.9 Å². The van der Waals surface area contributed by atoms with Gasteiger partial charge < -0.3 is 14.4 Å². The SMILES string of the molecule is CCCCCCN(CC1COC(C)(C)OC1)C(=O)n1ccnc1. The normalized spacial score (nSPS) is 18.0. The van der Waals surface area contributed by atoms with Crippen LogP contribution in [0.4, 0.5) is 4.79 Å². The Labute approximate surface area is 138 Å². The van der Waals surface area contributed by atoms with Crippen molar-refractivity contribution in [1.29, 1.82) is 0 Å². The summed E-state index contributed by atoms with van der Waals surface area (Å²) >= 11 is 0. The Hall–Kier alpha value is -1.40. The van der Waals surface area contributed by atoms with Crippen molar-refractivity contribution in [2.75, 3.05) is 26.3 Å². The second kappa shape index (κ2) is 8.45. The lowest BCUT2D eigenvalue weighted by atomic mass is 10.1. The largest absolute Gasteiger partial charge is 0.350 e. The highest BCUT2D eigenvalue weighted by Crippen LogP contribution is 2.21. The summed E-state index contributed by atoms with van der Waals surface area (Å²) < 4.78 is 13.0. The van der Waals surface area contributed by atoms with Crippen LogP contribution >= 0.6 is 0 Å². The molecule has 1 aromatic heterocycles. The zero-order valence-corrected chi connectivity index (χ0v) is 14.5. The molecule has 6 nitrogen and oxygen atoms in total. The summed E-state index contributed by atoms with van der Waals surface area (Å²) in [5, 5.41) is 0. The van der Waals surface area contributed by atoms with Crippen LogP contribution in [0.25, 0.3) is 0 Å². The number of ether oxygens (including phenoxy) is 2. The Morgan fingerprint density at radius 3 is 2.65 bits per heavy atom. The first-order valence-corrected chi connectivity index (χ1v) is 8.57. The van der Waals surface area contributed by atoms with Crippen LogP contribution in [-0.4, -0.2) is 52.6 Å². The van der Waals surface area contributed by atoms with Crippen LogP contribution in [0.2, 0.25) is 0 Å². The average Bonchev–Trinajstić information content (AvgIpc) is 3.05. The molecule has 1 saturated heterocycles. The molecule has 130 valence electrons. The number of hydrogen-bond acceptors (Lipinski definition) is 4. The lowest BCUT2D eigenvalue weighted by Gasteiger charge is -2.37. The molecule has 0 unspecified atom stereocenters. The molecule has 0 aliphatic carbocycles. The first-order valence-electron chi connectivity index (χ1n) is 8.57. The van der Waals surface area contributed by atoms with E-state index >= 15 is 0 Å². The van der Waals surface area contributed by atoms with Crippen LogP contribution in [0.1, 0.15) is 46.5 Å². The van der Waals surface area contributed by atoms with Gasteiger partial charge in [-0.15, -0.1) is 0 Å². The van der Waals surface area contributed by atoms with Crippen molar-refractivity contribution in [3.63, 3.8) is 0 Å². The lowest BCUT2D eigenvalue weighted by molar-refractivity contribution is -0.262. The van der Waals surface area contributed by atoms with Crippen molar-refractivity contribution in [3.05, 3.63) is 18.7 Å². The van der Waals surface area contributed by atoms with Crippen molar-refractivity contribution >= 4 is 6.03 Å². The molecule has 1 aliphatic heterocycles. The first kappa shape index (κ1) is 17.9. The minimum atomic E-state index is -0.517. The predicted octanol–water partition coefficient (Wildman–Crippen LogP) is 3.13. The van der Waals surface area contributed by atoms with E-state index in [0.29, 0.717) is 19.8 Å². The number of aromatic nitrogens is 2. The van der Waals surface area contributed by atoms with Gasteiger partial charge in [0.2, 0.25) is 0 Å². The topological polar surface area (TPSA) is 56.6 Å². The summed E-state index contributed by atoms with van der Waals surface area (Å²) in [5.74, 6) is -0.307. The molecule has 1 aliphatic rings. The van der Waals surface area contributed by atoms with E-state index in [9.17, 15) is 4.79 Å². The van der Waals surface area contributed by atoms with Crippen LogP contribution in [0.3, 0.4) is 0 Å². The number of hydrogen-bond donors (Lipinski definition) is 0. The van der Waals surface area contributed by atoms with Crippen LogP contribution in [0.5, 0.6) is 0 Å². The highest BCUT2D eigenvalue weighted by atomic mass is 16.7. The number of imidazole rings is 1. The molecular formula is C17H29N3O3. The van der Waals surface area contributed by atoms with Crippen molar-refractivity contribution in [3.8, 4) is 0 Å². The Bertz CT molecular complexity index is 463. The molecule has 2 heterocycles. The highest BCUT2D eigenvalue weighted by molar-refractivity contribution is 5.76. The van der Waals surface area contributed by atoms with Crippen LogP contribution in [-0.2, 0) is 9.47 Å². The fourth-order valence-electron chi connectivity index (χ4n) is 2.67. The van der Waals surface area contributed by atoms with Crippen molar-refractivity contribution in [2.24, 2.45) is 5.92 Å². The third-order valence-corrected chi connectivity index (χ3v) is 4.09. The molecule has 6 heteroatoms. The van der Waals surface area contributed by atoms with E-state index in [1.807, 2.05) is 18.7 Å². The average molecular weight is 323 g/mol. The maximum Gasteiger partial charge on any atom is 0.329 e. The zero-order chi connectivity index (χ0) is 16.7. The van der Waals surface area contributed by atoms with Gasteiger partial charge in [0, 0.05) is 31.4 Å². The maximum absolute atomic E-state index is 12.6. The summed E-state index contributed by atoms with van der Waals surface area (Å²) in [7, 11) is 0. The van der Waals surface area contributed by atoms with Gasteiger partial charge in [0.25, 0.3) is 0 Å². The van der Waals surface area contributed by atoms with Crippen molar-refractivity contribution in [2.45, 2.75) is 52.2 Å². The quantitative estimate of drug-likeness (QED) is 0.723. The van der Waals surface area contributed by atoms with Gasteiger partial charge in [0.1, 0.15) is 6.33 Å². The fourth-order valence-corrected chi connectivity index (χ4v) is 2.67. The van der Waals surface area contributed by atoms with E-state index in [1.54, 1.807) is 18.7 Å². The van der Waals surface area contributed by atoms with Crippen molar-refractivity contribution < 1.29 is 14.3 Å². The lowest BCUT2D eigenvalue weighted by Crippen LogP contribution is -2.46. The molecule has 0 saturated carbocycles. The zero-order valence-electron chi connectivity index (χ0n) is 14.5. The molecule has 0 bridgehead atoms. The first-order chi connectivity index (χ1) is 11.0. The van der Waals surface area contributed by atoms with Gasteiger partial charge in [-0.2, -0.15) is 0 Å². The Morgan fingerprint density at radius 2 is 2.04 bits per heavy atom. The van der Waals surface area contributed by atoms with E-state index < -0.39 is 5.79 Å². The van der Waals surface area contributed by atoms with Gasteiger partial charge in [0.15, 0.2) is 5.79 Å². The second-order valence-electron chi connectivity index (χ2n) is 6.65. The number of rotatable bonds is 7. The number of nitrogens with zero attached hydrogens (tertiary/aromatic N) is 3. The molecule has 1 aromatic rings. The summed E-state index contributed by atoms with van der Waals surface area (Å²) in [6.07, 6.45) is 9.44. The molecule has 2 rings (SSSR count). The molecule has 0 spiro atoms. The van der Waals surface area contributed by atoms with Crippen LogP contribution in [0.15, 0.2) is 18.7 Å². The number of amides is 1. The minimum Gasteiger partial charge on any atom is -0.350 e. The monoisotopic (exact) mass is 323 g/mol. The molecule has 23 heavy (non-hydrogen) atoms. The van der Waals surface area contributed by atoms with Crippen molar-refractivity contribution in [1.82, 2.24) is 14.5 Å². The van der Waals surface area contributed by atoms with Gasteiger partial charge in [-0.1, -0.05) is 26.2 Å². The van der Waals surface area contributed by atoms with Gasteiger partial charge >= 0.3 is 6.03 Å². The molecular weight excluding hydrogens is 294 g/mol. The number of unbranched alkanes of at least 4 members (excludes halogenated alkanes) is 3. The van der Waals surface area contributed by atoms with E-state index in [2.05, 4.69) is 11.9 Å². The van der Waals surface area contributed by atoms with Crippen LogP contribution < -0.4 is 0 Å². The summed E-state index contributed by atoms with van der Waals surface area (Å²) in [5.41, 5.74) is 0. The fraction of sp³-hybridized carbons (Fsp3) is 0.765. The van der Waals surface area contributed by atoms with E-state index in [4.69, 9.17) is 9.47 Å². The van der Waals surface area contributed by atoms with Gasteiger partial charge in [-0.3, -0.25) is 4.57 Å². The van der Waals surface area contributed by atoms with Gasteiger partial charge in [0.05, 0.1) is 13.2 Å². The Morgan fingerprint density at radius 1 is 1.30 bits per heavy atom. The van der Waals surface area contributed by atoms with Gasteiger partial charge in [-0.05, 0) is 20.3 Å². The minimum absolute atomic E-state index is 0.0242. The predicted molar refractivity (Wildman–Crippen MR) is 88.2 cm³/mol. The summed E-state index contributed by atoms with van der Waals surface area (Å²) in [6, 6.07) is -0.0242. The molecule has 0 radical (unpaired) electrons. The highest BCUT2D eigenvalue weighted by Gasteiger charge is 2.30.